The monoisotopic (exact) mass is 247 g/mol. The lowest BCUT2D eigenvalue weighted by atomic mass is 10.1. The SMILES string of the molecule is Clc1cccc(C=Cc2cc[c]cc2Cl)c1. The van der Waals surface area contributed by atoms with E-state index in [1.807, 2.05) is 48.6 Å². The van der Waals surface area contributed by atoms with E-state index in [2.05, 4.69) is 6.07 Å². The van der Waals surface area contributed by atoms with Crippen molar-refractivity contribution in [1.82, 2.24) is 0 Å². The number of halogens is 2. The van der Waals surface area contributed by atoms with Gasteiger partial charge in [0.2, 0.25) is 0 Å². The fourth-order valence-corrected chi connectivity index (χ4v) is 1.74. The van der Waals surface area contributed by atoms with E-state index in [0.717, 1.165) is 16.1 Å². The molecule has 2 aromatic rings. The van der Waals surface area contributed by atoms with Crippen LogP contribution in [0.5, 0.6) is 0 Å². The highest BCUT2D eigenvalue weighted by Gasteiger charge is 1.94. The predicted octanol–water partition coefficient (Wildman–Crippen LogP) is 4.96. The van der Waals surface area contributed by atoms with Gasteiger partial charge in [0, 0.05) is 10.0 Å². The van der Waals surface area contributed by atoms with Crippen molar-refractivity contribution >= 4 is 35.4 Å². The van der Waals surface area contributed by atoms with Gasteiger partial charge in [-0.3, -0.25) is 0 Å². The van der Waals surface area contributed by atoms with Gasteiger partial charge in [0.05, 0.1) is 0 Å². The standard InChI is InChI=1S/C14H9Cl2/c15-13-6-3-4-11(10-13)8-9-12-5-1-2-7-14(12)16/h1,3-10H. The van der Waals surface area contributed by atoms with Crippen LogP contribution in [-0.2, 0) is 0 Å². The van der Waals surface area contributed by atoms with Gasteiger partial charge in [-0.25, -0.2) is 0 Å². The summed E-state index contributed by atoms with van der Waals surface area (Å²) in [6.45, 7) is 0. The number of hydrogen-bond donors (Lipinski definition) is 0. The van der Waals surface area contributed by atoms with Crippen LogP contribution in [0, 0.1) is 6.07 Å². The summed E-state index contributed by atoms with van der Waals surface area (Å²) in [7, 11) is 0. The van der Waals surface area contributed by atoms with Gasteiger partial charge in [-0.15, -0.1) is 0 Å². The zero-order valence-electron chi connectivity index (χ0n) is 8.45. The van der Waals surface area contributed by atoms with E-state index in [-0.39, 0.29) is 0 Å². The molecule has 0 unspecified atom stereocenters. The Morgan fingerprint density at radius 1 is 1.06 bits per heavy atom. The molecule has 0 aliphatic heterocycles. The summed E-state index contributed by atoms with van der Waals surface area (Å²) in [4.78, 5) is 0. The normalized spacial score (nSPS) is 10.9. The zero-order chi connectivity index (χ0) is 11.4. The summed E-state index contributed by atoms with van der Waals surface area (Å²) < 4.78 is 0. The fraction of sp³-hybridized carbons (Fsp3) is 0. The van der Waals surface area contributed by atoms with Gasteiger partial charge in [-0.2, -0.15) is 0 Å². The quantitative estimate of drug-likeness (QED) is 0.658. The lowest BCUT2D eigenvalue weighted by Crippen LogP contribution is -1.74. The van der Waals surface area contributed by atoms with Crippen molar-refractivity contribution in [3.05, 3.63) is 69.7 Å². The van der Waals surface area contributed by atoms with Crippen LogP contribution in [0.2, 0.25) is 10.0 Å². The first-order valence-electron chi connectivity index (χ1n) is 4.85. The first kappa shape index (κ1) is 11.3. The Hall–Kier alpha value is -1.24. The molecule has 1 radical (unpaired) electrons. The molecule has 79 valence electrons. The molecule has 0 saturated heterocycles. The molecular weight excluding hydrogens is 239 g/mol. The minimum atomic E-state index is 0.695. The first-order chi connectivity index (χ1) is 7.75. The maximum absolute atomic E-state index is 6.01. The van der Waals surface area contributed by atoms with E-state index in [9.17, 15) is 0 Å². The van der Waals surface area contributed by atoms with Crippen LogP contribution in [0.4, 0.5) is 0 Å². The van der Waals surface area contributed by atoms with Gasteiger partial charge < -0.3 is 0 Å². The van der Waals surface area contributed by atoms with E-state index in [4.69, 9.17) is 23.2 Å². The molecule has 2 heteroatoms. The van der Waals surface area contributed by atoms with Crippen molar-refractivity contribution in [2.75, 3.05) is 0 Å². The Bertz CT molecular complexity index is 516. The number of hydrogen-bond acceptors (Lipinski definition) is 0. The van der Waals surface area contributed by atoms with Crippen LogP contribution in [0.25, 0.3) is 12.2 Å². The third kappa shape index (κ3) is 2.88. The average Bonchev–Trinajstić information content (AvgIpc) is 2.28. The molecule has 0 amide bonds. The Balaban J connectivity index is 2.25. The van der Waals surface area contributed by atoms with Crippen molar-refractivity contribution in [3.63, 3.8) is 0 Å². The highest BCUT2D eigenvalue weighted by molar-refractivity contribution is 6.32. The van der Waals surface area contributed by atoms with E-state index >= 15 is 0 Å². The van der Waals surface area contributed by atoms with Crippen molar-refractivity contribution in [1.29, 1.82) is 0 Å². The van der Waals surface area contributed by atoms with E-state index in [1.54, 1.807) is 6.07 Å². The van der Waals surface area contributed by atoms with Crippen LogP contribution in [0.15, 0.2) is 42.5 Å². The molecule has 0 nitrogen and oxygen atoms in total. The Morgan fingerprint density at radius 3 is 2.69 bits per heavy atom. The summed E-state index contributed by atoms with van der Waals surface area (Å²) >= 11 is 11.9. The lowest BCUT2D eigenvalue weighted by molar-refractivity contribution is 1.63. The van der Waals surface area contributed by atoms with Crippen LogP contribution in [0.3, 0.4) is 0 Å². The average molecular weight is 248 g/mol. The Morgan fingerprint density at radius 2 is 1.94 bits per heavy atom. The minimum Gasteiger partial charge on any atom is -0.0843 e. The molecule has 0 saturated carbocycles. The predicted molar refractivity (Wildman–Crippen MR) is 70.7 cm³/mol. The van der Waals surface area contributed by atoms with Gasteiger partial charge >= 0.3 is 0 Å². The Kier molecular flexibility index (Phi) is 3.66. The smallest absolute Gasteiger partial charge is 0.0484 e. The number of rotatable bonds is 2. The van der Waals surface area contributed by atoms with Crippen LogP contribution >= 0.6 is 23.2 Å². The molecular formula is C14H9Cl2. The van der Waals surface area contributed by atoms with Gasteiger partial charge in [0.15, 0.2) is 0 Å². The third-order valence-corrected chi connectivity index (χ3v) is 2.71. The van der Waals surface area contributed by atoms with E-state index in [0.29, 0.717) is 5.02 Å². The van der Waals surface area contributed by atoms with E-state index in [1.165, 1.54) is 0 Å². The maximum Gasteiger partial charge on any atom is 0.0484 e. The van der Waals surface area contributed by atoms with Crippen molar-refractivity contribution in [2.24, 2.45) is 0 Å². The van der Waals surface area contributed by atoms with Crippen molar-refractivity contribution in [3.8, 4) is 0 Å². The topological polar surface area (TPSA) is 0 Å². The second kappa shape index (κ2) is 5.20. The van der Waals surface area contributed by atoms with E-state index < -0.39 is 0 Å². The molecule has 0 N–H and O–H groups in total. The van der Waals surface area contributed by atoms with Crippen molar-refractivity contribution in [2.45, 2.75) is 0 Å². The third-order valence-electron chi connectivity index (χ3n) is 2.15. The molecule has 0 fully saturated rings. The molecule has 0 bridgehead atoms. The highest BCUT2D eigenvalue weighted by atomic mass is 35.5. The molecule has 0 aromatic heterocycles. The summed E-state index contributed by atoms with van der Waals surface area (Å²) in [6.07, 6.45) is 3.94. The van der Waals surface area contributed by atoms with Crippen LogP contribution < -0.4 is 0 Å². The van der Waals surface area contributed by atoms with Gasteiger partial charge in [0.1, 0.15) is 0 Å². The van der Waals surface area contributed by atoms with Gasteiger partial charge in [-0.1, -0.05) is 59.6 Å². The van der Waals surface area contributed by atoms with Crippen LogP contribution in [-0.4, -0.2) is 0 Å². The molecule has 0 heterocycles. The van der Waals surface area contributed by atoms with Gasteiger partial charge in [0.25, 0.3) is 0 Å². The molecule has 0 aliphatic rings. The second-order valence-corrected chi connectivity index (χ2v) is 4.18. The lowest BCUT2D eigenvalue weighted by Gasteiger charge is -1.97. The summed E-state index contributed by atoms with van der Waals surface area (Å²) in [5, 5.41) is 1.43. The summed E-state index contributed by atoms with van der Waals surface area (Å²) in [5.41, 5.74) is 2.02. The van der Waals surface area contributed by atoms with Crippen LogP contribution in [0.1, 0.15) is 11.1 Å². The minimum absolute atomic E-state index is 0.695. The molecule has 0 spiro atoms. The van der Waals surface area contributed by atoms with Crippen molar-refractivity contribution < 1.29 is 0 Å². The highest BCUT2D eigenvalue weighted by Crippen LogP contribution is 2.18. The molecule has 2 rings (SSSR count). The molecule has 16 heavy (non-hydrogen) atoms. The summed E-state index contributed by atoms with van der Waals surface area (Å²) in [5.74, 6) is 0. The fourth-order valence-electron chi connectivity index (χ4n) is 1.35. The van der Waals surface area contributed by atoms with Gasteiger partial charge in [-0.05, 0) is 35.4 Å². The molecule has 0 aliphatic carbocycles. The first-order valence-corrected chi connectivity index (χ1v) is 5.60. The molecule has 0 atom stereocenters. The second-order valence-electron chi connectivity index (χ2n) is 3.34. The maximum atomic E-state index is 6.01. The number of benzene rings is 2. The Labute approximate surface area is 105 Å². The zero-order valence-corrected chi connectivity index (χ0v) is 9.96. The largest absolute Gasteiger partial charge is 0.0843 e. The molecule has 2 aromatic carbocycles. The summed E-state index contributed by atoms with van der Waals surface area (Å²) in [6, 6.07) is 16.1.